The summed E-state index contributed by atoms with van der Waals surface area (Å²) in [4.78, 5) is 11.4. The summed E-state index contributed by atoms with van der Waals surface area (Å²) < 4.78 is 0. The zero-order valence-corrected chi connectivity index (χ0v) is 10.8. The average molecular weight is 274 g/mol. The molecule has 0 fully saturated rings. The molecule has 0 radical (unpaired) electrons. The molecule has 2 aromatic carbocycles. The normalized spacial score (nSPS) is 11.3. The fourth-order valence-corrected chi connectivity index (χ4v) is 1.97. The highest BCUT2D eigenvalue weighted by Gasteiger charge is 2.13. The first kappa shape index (κ1) is 13.2. The number of hydrogen-bond donors (Lipinski definition) is 2. The molecular formula is C15H12ClNO2. The molecule has 0 aliphatic heterocycles. The maximum absolute atomic E-state index is 11.4. The minimum Gasteiger partial charge on any atom is -0.478 e. The molecule has 0 aliphatic carbocycles. The van der Waals surface area contributed by atoms with Crippen molar-refractivity contribution >= 4 is 34.9 Å². The summed E-state index contributed by atoms with van der Waals surface area (Å²) in [5.41, 5.74) is 7.58. The van der Waals surface area contributed by atoms with E-state index in [1.54, 1.807) is 48.5 Å². The Balaban J connectivity index is 2.57. The van der Waals surface area contributed by atoms with Gasteiger partial charge >= 0.3 is 5.97 Å². The number of nitrogen functional groups attached to an aromatic ring is 1. The van der Waals surface area contributed by atoms with Crippen LogP contribution in [0.4, 0.5) is 5.69 Å². The Morgan fingerprint density at radius 1 is 1.11 bits per heavy atom. The number of rotatable bonds is 3. The van der Waals surface area contributed by atoms with Crippen molar-refractivity contribution in [3.63, 3.8) is 0 Å². The van der Waals surface area contributed by atoms with E-state index in [9.17, 15) is 9.90 Å². The van der Waals surface area contributed by atoms with Gasteiger partial charge in [0, 0.05) is 16.3 Å². The Kier molecular flexibility index (Phi) is 3.88. The predicted molar refractivity (Wildman–Crippen MR) is 77.8 cm³/mol. The van der Waals surface area contributed by atoms with E-state index in [4.69, 9.17) is 17.3 Å². The summed E-state index contributed by atoms with van der Waals surface area (Å²) in [6.07, 6.45) is 1.53. The lowest BCUT2D eigenvalue weighted by atomic mass is 10.0. The van der Waals surface area contributed by atoms with Crippen LogP contribution in [0.25, 0.3) is 11.6 Å². The van der Waals surface area contributed by atoms with Crippen molar-refractivity contribution < 1.29 is 9.90 Å². The van der Waals surface area contributed by atoms with Crippen LogP contribution in [0.15, 0.2) is 48.5 Å². The molecule has 0 atom stereocenters. The van der Waals surface area contributed by atoms with Gasteiger partial charge in [-0.2, -0.15) is 0 Å². The van der Waals surface area contributed by atoms with Crippen molar-refractivity contribution in [3.8, 4) is 0 Å². The number of carbonyl (C=O) groups is 1. The lowest BCUT2D eigenvalue weighted by molar-refractivity contribution is -0.130. The van der Waals surface area contributed by atoms with Crippen LogP contribution in [-0.2, 0) is 4.79 Å². The highest BCUT2D eigenvalue weighted by atomic mass is 35.5. The zero-order chi connectivity index (χ0) is 13.8. The predicted octanol–water partition coefficient (Wildman–Crippen LogP) is 3.55. The Hall–Kier alpha value is -2.26. The summed E-state index contributed by atoms with van der Waals surface area (Å²) in [6.45, 7) is 0. The molecule has 0 heterocycles. The van der Waals surface area contributed by atoms with Gasteiger partial charge in [-0.25, -0.2) is 4.79 Å². The zero-order valence-electron chi connectivity index (χ0n) is 10.0. The van der Waals surface area contributed by atoms with Crippen LogP contribution in [0.2, 0.25) is 5.02 Å². The van der Waals surface area contributed by atoms with E-state index in [2.05, 4.69) is 0 Å². The number of nitrogens with two attached hydrogens (primary N) is 1. The smallest absolute Gasteiger partial charge is 0.336 e. The third kappa shape index (κ3) is 2.95. The van der Waals surface area contributed by atoms with Crippen molar-refractivity contribution in [2.24, 2.45) is 0 Å². The minimum atomic E-state index is -1.05. The molecular weight excluding hydrogens is 262 g/mol. The van der Waals surface area contributed by atoms with Gasteiger partial charge in [0.15, 0.2) is 0 Å². The molecule has 2 aromatic rings. The van der Waals surface area contributed by atoms with Gasteiger partial charge in [0.1, 0.15) is 0 Å². The molecule has 0 amide bonds. The average Bonchev–Trinajstić information content (AvgIpc) is 2.38. The van der Waals surface area contributed by atoms with E-state index in [0.29, 0.717) is 21.8 Å². The summed E-state index contributed by atoms with van der Waals surface area (Å²) in [5, 5.41) is 9.73. The molecule has 0 saturated heterocycles. The molecule has 0 aliphatic rings. The van der Waals surface area contributed by atoms with Crippen molar-refractivity contribution in [1.29, 1.82) is 0 Å². The van der Waals surface area contributed by atoms with Crippen LogP contribution in [0.5, 0.6) is 0 Å². The monoisotopic (exact) mass is 273 g/mol. The molecule has 19 heavy (non-hydrogen) atoms. The van der Waals surface area contributed by atoms with Gasteiger partial charge < -0.3 is 10.8 Å². The van der Waals surface area contributed by atoms with Crippen LogP contribution in [0, 0.1) is 0 Å². The SMILES string of the molecule is Nc1ccccc1/C=C(\C(=O)O)c1ccccc1Cl. The van der Waals surface area contributed by atoms with Crippen LogP contribution in [0.1, 0.15) is 11.1 Å². The van der Waals surface area contributed by atoms with Crippen molar-refractivity contribution in [1.82, 2.24) is 0 Å². The molecule has 4 heteroatoms. The summed E-state index contributed by atoms with van der Waals surface area (Å²) >= 11 is 6.03. The Morgan fingerprint density at radius 2 is 1.74 bits per heavy atom. The number of anilines is 1. The topological polar surface area (TPSA) is 63.3 Å². The van der Waals surface area contributed by atoms with Gasteiger partial charge in [-0.3, -0.25) is 0 Å². The Labute approximate surface area is 115 Å². The second kappa shape index (κ2) is 5.59. The van der Waals surface area contributed by atoms with Crippen LogP contribution < -0.4 is 5.73 Å². The number of aliphatic carboxylic acids is 1. The van der Waals surface area contributed by atoms with Crippen LogP contribution >= 0.6 is 11.6 Å². The Bertz CT molecular complexity index is 650. The third-order valence-corrected chi connectivity index (χ3v) is 3.02. The summed E-state index contributed by atoms with van der Waals surface area (Å²) in [7, 11) is 0. The molecule has 3 nitrogen and oxygen atoms in total. The van der Waals surface area contributed by atoms with E-state index < -0.39 is 5.97 Å². The number of para-hydroxylation sites is 1. The van der Waals surface area contributed by atoms with Gasteiger partial charge in [0.25, 0.3) is 0 Å². The first-order valence-electron chi connectivity index (χ1n) is 5.64. The number of halogens is 1. The fraction of sp³-hybridized carbons (Fsp3) is 0. The van der Waals surface area contributed by atoms with Crippen molar-refractivity contribution in [2.45, 2.75) is 0 Å². The molecule has 96 valence electrons. The van der Waals surface area contributed by atoms with Crippen molar-refractivity contribution in [3.05, 3.63) is 64.7 Å². The maximum atomic E-state index is 11.4. The standard InChI is InChI=1S/C15H12ClNO2/c16-13-7-3-2-6-11(13)12(15(18)19)9-10-5-1-4-8-14(10)17/h1-9H,17H2,(H,18,19)/b12-9-. The van der Waals surface area contributed by atoms with Gasteiger partial charge in [0.2, 0.25) is 0 Å². The second-order valence-corrected chi connectivity index (χ2v) is 4.38. The van der Waals surface area contributed by atoms with Crippen LogP contribution in [0.3, 0.4) is 0 Å². The molecule has 0 saturated carbocycles. The number of carboxylic acids is 1. The maximum Gasteiger partial charge on any atom is 0.336 e. The summed E-state index contributed by atoms with van der Waals surface area (Å²) in [6, 6.07) is 13.9. The quantitative estimate of drug-likeness (QED) is 0.511. The molecule has 0 unspecified atom stereocenters. The van der Waals surface area contributed by atoms with E-state index in [1.807, 2.05) is 0 Å². The molecule has 0 bridgehead atoms. The largest absolute Gasteiger partial charge is 0.478 e. The minimum absolute atomic E-state index is 0.114. The molecule has 0 aromatic heterocycles. The highest BCUT2D eigenvalue weighted by Crippen LogP contribution is 2.27. The first-order chi connectivity index (χ1) is 9.09. The molecule has 0 spiro atoms. The van der Waals surface area contributed by atoms with Gasteiger partial charge in [0.05, 0.1) is 5.57 Å². The van der Waals surface area contributed by atoms with Crippen LogP contribution in [-0.4, -0.2) is 11.1 Å². The molecule has 2 rings (SSSR count). The van der Waals surface area contributed by atoms with E-state index in [-0.39, 0.29) is 5.57 Å². The number of benzene rings is 2. The lowest BCUT2D eigenvalue weighted by Gasteiger charge is -2.06. The van der Waals surface area contributed by atoms with Crippen molar-refractivity contribution in [2.75, 3.05) is 5.73 Å². The molecule has 3 N–H and O–H groups in total. The first-order valence-corrected chi connectivity index (χ1v) is 6.02. The second-order valence-electron chi connectivity index (χ2n) is 3.97. The third-order valence-electron chi connectivity index (χ3n) is 2.69. The lowest BCUT2D eigenvalue weighted by Crippen LogP contribution is -2.01. The van der Waals surface area contributed by atoms with E-state index >= 15 is 0 Å². The van der Waals surface area contributed by atoms with E-state index in [1.165, 1.54) is 6.08 Å². The highest BCUT2D eigenvalue weighted by molar-refractivity contribution is 6.35. The number of hydrogen-bond acceptors (Lipinski definition) is 2. The van der Waals surface area contributed by atoms with E-state index in [0.717, 1.165) is 0 Å². The fourth-order valence-electron chi connectivity index (χ4n) is 1.73. The van der Waals surface area contributed by atoms with Gasteiger partial charge in [-0.1, -0.05) is 48.0 Å². The summed E-state index contributed by atoms with van der Waals surface area (Å²) in [5.74, 6) is -1.05. The Morgan fingerprint density at radius 3 is 2.37 bits per heavy atom. The van der Waals surface area contributed by atoms with Gasteiger partial charge in [-0.05, 0) is 23.8 Å². The number of carboxylic acid groups (broad SMARTS) is 1. The van der Waals surface area contributed by atoms with Gasteiger partial charge in [-0.15, -0.1) is 0 Å².